The van der Waals surface area contributed by atoms with E-state index in [1.165, 1.54) is 43.5 Å². The van der Waals surface area contributed by atoms with Crippen LogP contribution < -0.4 is 9.46 Å². The average molecular weight is 429 g/mol. The number of benzene rings is 2. The van der Waals surface area contributed by atoms with Crippen LogP contribution in [0.1, 0.15) is 12.0 Å². The molecule has 0 aliphatic carbocycles. The molecule has 0 saturated carbocycles. The molecule has 0 bridgehead atoms. The van der Waals surface area contributed by atoms with Crippen molar-refractivity contribution < 1.29 is 27.6 Å². The van der Waals surface area contributed by atoms with Crippen LogP contribution in [0.15, 0.2) is 47.4 Å². The van der Waals surface area contributed by atoms with Crippen molar-refractivity contribution >= 4 is 33.3 Å². The topological polar surface area (TPSA) is 125 Å². The first-order valence-corrected chi connectivity index (χ1v) is 9.81. The third-order valence-electron chi connectivity index (χ3n) is 3.59. The van der Waals surface area contributed by atoms with E-state index in [0.29, 0.717) is 11.3 Å². The molecule has 0 radical (unpaired) electrons. The predicted octanol–water partition coefficient (Wildman–Crippen LogP) is 2.67. The van der Waals surface area contributed by atoms with Gasteiger partial charge in [-0.05, 0) is 24.3 Å². The van der Waals surface area contributed by atoms with E-state index in [1.807, 2.05) is 0 Å². The van der Waals surface area contributed by atoms with E-state index in [2.05, 4.69) is 4.72 Å². The molecule has 0 atom stereocenters. The van der Waals surface area contributed by atoms with E-state index in [4.69, 9.17) is 21.1 Å². The van der Waals surface area contributed by atoms with Crippen LogP contribution in [0, 0.1) is 10.1 Å². The number of carbonyl (C=O) groups is 1. The van der Waals surface area contributed by atoms with Gasteiger partial charge in [-0.1, -0.05) is 17.7 Å². The lowest BCUT2D eigenvalue weighted by Gasteiger charge is -2.10. The molecule has 11 heteroatoms. The van der Waals surface area contributed by atoms with Gasteiger partial charge in [0.25, 0.3) is 5.69 Å². The fraction of sp³-hybridized carbons (Fsp3) is 0.235. The molecule has 0 fully saturated rings. The molecule has 2 rings (SSSR count). The van der Waals surface area contributed by atoms with Gasteiger partial charge < -0.3 is 9.47 Å². The van der Waals surface area contributed by atoms with Crippen LogP contribution in [0.3, 0.4) is 0 Å². The van der Waals surface area contributed by atoms with Crippen LogP contribution in [0.4, 0.5) is 5.69 Å². The maximum Gasteiger partial charge on any atom is 0.307 e. The van der Waals surface area contributed by atoms with Gasteiger partial charge in [0.2, 0.25) is 10.0 Å². The lowest BCUT2D eigenvalue weighted by atomic mass is 10.2. The lowest BCUT2D eigenvalue weighted by molar-refractivity contribution is -0.385. The standard InChI is InChI=1S/C17H17ClN2O7S/c1-26-16-6-5-14(20(22)23)9-12(16)11-27-17(21)7-8-19-28(24,25)15-4-2-3-13(18)10-15/h2-6,9-10,19H,7-8,11H2,1H3. The van der Waals surface area contributed by atoms with Crippen LogP contribution in [-0.2, 0) is 26.2 Å². The molecule has 0 heterocycles. The molecule has 0 aliphatic rings. The highest BCUT2D eigenvalue weighted by Gasteiger charge is 2.16. The number of sulfonamides is 1. The summed E-state index contributed by atoms with van der Waals surface area (Å²) in [6.07, 6.45) is -0.225. The molecule has 0 spiro atoms. The number of hydrogen-bond acceptors (Lipinski definition) is 7. The Labute approximate surface area is 166 Å². The second kappa shape index (κ2) is 9.49. The van der Waals surface area contributed by atoms with E-state index in [9.17, 15) is 23.3 Å². The third kappa shape index (κ3) is 5.91. The molecule has 0 saturated heterocycles. The van der Waals surface area contributed by atoms with Crippen LogP contribution in [0.2, 0.25) is 5.02 Å². The second-order valence-corrected chi connectivity index (χ2v) is 7.72. The monoisotopic (exact) mass is 428 g/mol. The average Bonchev–Trinajstić information content (AvgIpc) is 2.66. The van der Waals surface area contributed by atoms with Crippen LogP contribution in [0.25, 0.3) is 0 Å². The summed E-state index contributed by atoms with van der Waals surface area (Å²) in [7, 11) is -2.42. The highest BCUT2D eigenvalue weighted by molar-refractivity contribution is 7.89. The zero-order chi connectivity index (χ0) is 20.7. The van der Waals surface area contributed by atoms with Gasteiger partial charge in [-0.2, -0.15) is 0 Å². The molecule has 2 aromatic carbocycles. The Morgan fingerprint density at radius 3 is 2.64 bits per heavy atom. The molecule has 0 aliphatic heterocycles. The van der Waals surface area contributed by atoms with Gasteiger partial charge in [-0.3, -0.25) is 14.9 Å². The number of esters is 1. The number of non-ortho nitro benzene ring substituents is 1. The zero-order valence-electron chi connectivity index (χ0n) is 14.8. The largest absolute Gasteiger partial charge is 0.496 e. The van der Waals surface area contributed by atoms with Crippen LogP contribution in [0.5, 0.6) is 5.75 Å². The zero-order valence-corrected chi connectivity index (χ0v) is 16.3. The Morgan fingerprint density at radius 2 is 2.00 bits per heavy atom. The van der Waals surface area contributed by atoms with E-state index >= 15 is 0 Å². The molecule has 2 aromatic rings. The maximum absolute atomic E-state index is 12.1. The number of rotatable bonds is 9. The van der Waals surface area contributed by atoms with Crippen LogP contribution in [-0.4, -0.2) is 33.0 Å². The van der Waals surface area contributed by atoms with Gasteiger partial charge in [0, 0.05) is 29.3 Å². The Bertz CT molecular complexity index is 979. The fourth-order valence-corrected chi connectivity index (χ4v) is 3.56. The number of ether oxygens (including phenoxy) is 2. The number of halogens is 1. The normalized spacial score (nSPS) is 11.1. The van der Waals surface area contributed by atoms with Gasteiger partial charge in [0.1, 0.15) is 12.4 Å². The first-order valence-electron chi connectivity index (χ1n) is 7.95. The number of hydrogen-bond donors (Lipinski definition) is 1. The molecule has 28 heavy (non-hydrogen) atoms. The number of methoxy groups -OCH3 is 1. The second-order valence-electron chi connectivity index (χ2n) is 5.52. The quantitative estimate of drug-likeness (QED) is 0.369. The Balaban J connectivity index is 1.90. The lowest BCUT2D eigenvalue weighted by Crippen LogP contribution is -2.26. The molecule has 9 nitrogen and oxygen atoms in total. The highest BCUT2D eigenvalue weighted by atomic mass is 35.5. The number of nitro benzene ring substituents is 1. The van der Waals surface area contributed by atoms with Crippen molar-refractivity contribution in [2.45, 2.75) is 17.9 Å². The molecule has 150 valence electrons. The predicted molar refractivity (Wildman–Crippen MR) is 101 cm³/mol. The molecule has 0 aromatic heterocycles. The van der Waals surface area contributed by atoms with Crippen molar-refractivity contribution in [2.24, 2.45) is 0 Å². The first kappa shape index (κ1) is 21.6. The van der Waals surface area contributed by atoms with Crippen molar-refractivity contribution in [1.29, 1.82) is 0 Å². The number of nitrogens with zero attached hydrogens (tertiary/aromatic N) is 1. The smallest absolute Gasteiger partial charge is 0.307 e. The minimum Gasteiger partial charge on any atom is -0.496 e. The Kier molecular flexibility index (Phi) is 7.32. The molecule has 0 amide bonds. The number of nitrogens with one attached hydrogen (secondary N) is 1. The van der Waals surface area contributed by atoms with Crippen molar-refractivity contribution in [3.05, 3.63) is 63.2 Å². The summed E-state index contributed by atoms with van der Waals surface area (Å²) in [5.74, 6) is -0.345. The van der Waals surface area contributed by atoms with Gasteiger partial charge in [-0.15, -0.1) is 0 Å². The van der Waals surface area contributed by atoms with Crippen molar-refractivity contribution in [3.8, 4) is 5.75 Å². The van der Waals surface area contributed by atoms with E-state index < -0.39 is 20.9 Å². The number of carbonyl (C=O) groups excluding carboxylic acids is 1. The van der Waals surface area contributed by atoms with E-state index in [0.717, 1.165) is 0 Å². The van der Waals surface area contributed by atoms with E-state index in [-0.39, 0.29) is 35.2 Å². The summed E-state index contributed by atoms with van der Waals surface area (Å²) in [5.41, 5.74) is 0.158. The SMILES string of the molecule is COc1ccc([N+](=O)[O-])cc1COC(=O)CCNS(=O)(=O)c1cccc(Cl)c1. The van der Waals surface area contributed by atoms with Crippen molar-refractivity contribution in [2.75, 3.05) is 13.7 Å². The molecule has 1 N–H and O–H groups in total. The molecular formula is C17H17ClN2O7S. The van der Waals surface area contributed by atoms with Gasteiger partial charge >= 0.3 is 5.97 Å². The van der Waals surface area contributed by atoms with Gasteiger partial charge in [0.15, 0.2) is 0 Å². The Hall–Kier alpha value is -2.69. The maximum atomic E-state index is 12.1. The summed E-state index contributed by atoms with van der Waals surface area (Å²) in [5, 5.41) is 11.1. The van der Waals surface area contributed by atoms with E-state index in [1.54, 1.807) is 6.07 Å². The minimum absolute atomic E-state index is 0.0188. The Morgan fingerprint density at radius 1 is 1.25 bits per heavy atom. The summed E-state index contributed by atoms with van der Waals surface area (Å²) >= 11 is 5.77. The first-order chi connectivity index (χ1) is 13.2. The molecule has 0 unspecified atom stereocenters. The summed E-state index contributed by atoms with van der Waals surface area (Å²) in [4.78, 5) is 22.1. The minimum atomic E-state index is -3.81. The summed E-state index contributed by atoms with van der Waals surface area (Å²) < 4.78 is 36.7. The fourth-order valence-electron chi connectivity index (χ4n) is 2.23. The van der Waals surface area contributed by atoms with Crippen LogP contribution >= 0.6 is 11.6 Å². The number of nitro groups is 1. The molecular weight excluding hydrogens is 412 g/mol. The third-order valence-corrected chi connectivity index (χ3v) is 5.28. The summed E-state index contributed by atoms with van der Waals surface area (Å²) in [6, 6.07) is 9.62. The van der Waals surface area contributed by atoms with Gasteiger partial charge in [-0.25, -0.2) is 13.1 Å². The van der Waals surface area contributed by atoms with Crippen molar-refractivity contribution in [3.63, 3.8) is 0 Å². The summed E-state index contributed by atoms with van der Waals surface area (Å²) in [6.45, 7) is -0.426. The van der Waals surface area contributed by atoms with Crippen molar-refractivity contribution in [1.82, 2.24) is 4.72 Å². The van der Waals surface area contributed by atoms with Gasteiger partial charge in [0.05, 0.1) is 23.3 Å². The highest BCUT2D eigenvalue weighted by Crippen LogP contribution is 2.24.